The monoisotopic (exact) mass is 310 g/mol. The summed E-state index contributed by atoms with van der Waals surface area (Å²) in [6, 6.07) is 7.40. The summed E-state index contributed by atoms with van der Waals surface area (Å²) in [6.07, 6.45) is 0. The Morgan fingerprint density at radius 1 is 1.00 bits per heavy atom. The molecule has 0 aliphatic carbocycles. The van der Waals surface area contributed by atoms with Gasteiger partial charge in [0.1, 0.15) is 5.58 Å². The number of carbonyl (C=O) groups excluding carboxylic acids is 1. The molecule has 1 heterocycles. The summed E-state index contributed by atoms with van der Waals surface area (Å²) < 4.78 is 44.5. The molecule has 106 valence electrons. The Morgan fingerprint density at radius 2 is 1.67 bits per heavy atom. The van der Waals surface area contributed by atoms with Crippen molar-refractivity contribution in [3.63, 3.8) is 0 Å². The van der Waals surface area contributed by atoms with E-state index in [2.05, 4.69) is 0 Å². The third-order valence-corrected chi connectivity index (χ3v) is 3.18. The van der Waals surface area contributed by atoms with Crippen LogP contribution in [0.15, 0.2) is 40.8 Å². The minimum absolute atomic E-state index is 0.113. The van der Waals surface area contributed by atoms with E-state index < -0.39 is 23.2 Å². The highest BCUT2D eigenvalue weighted by molar-refractivity contribution is 6.31. The van der Waals surface area contributed by atoms with E-state index in [-0.39, 0.29) is 11.3 Å². The summed E-state index contributed by atoms with van der Waals surface area (Å²) in [5.74, 6) is -5.35. The van der Waals surface area contributed by atoms with Crippen molar-refractivity contribution in [1.82, 2.24) is 0 Å². The first-order chi connectivity index (χ1) is 9.95. The van der Waals surface area contributed by atoms with Crippen molar-refractivity contribution >= 4 is 28.4 Å². The number of fused-ring (bicyclic) bond motifs is 1. The zero-order valence-electron chi connectivity index (χ0n) is 10.3. The lowest BCUT2D eigenvalue weighted by Gasteiger charge is -2.00. The van der Waals surface area contributed by atoms with E-state index in [9.17, 15) is 18.0 Å². The lowest BCUT2D eigenvalue weighted by Crippen LogP contribution is -2.03. The number of hydrogen-bond acceptors (Lipinski definition) is 2. The molecule has 0 spiro atoms. The predicted molar refractivity (Wildman–Crippen MR) is 71.0 cm³/mol. The van der Waals surface area contributed by atoms with Crippen LogP contribution in [0.3, 0.4) is 0 Å². The van der Waals surface area contributed by atoms with Crippen LogP contribution in [0.5, 0.6) is 0 Å². The van der Waals surface area contributed by atoms with Gasteiger partial charge < -0.3 is 4.42 Å². The Labute approximate surface area is 121 Å². The largest absolute Gasteiger partial charge is 0.453 e. The van der Waals surface area contributed by atoms with Gasteiger partial charge in [0.25, 0.3) is 0 Å². The first-order valence-electron chi connectivity index (χ1n) is 5.84. The lowest BCUT2D eigenvalue weighted by molar-refractivity contribution is 0.101. The molecule has 6 heteroatoms. The van der Waals surface area contributed by atoms with Gasteiger partial charge in [0.2, 0.25) is 5.78 Å². The molecule has 0 aliphatic heterocycles. The van der Waals surface area contributed by atoms with Crippen LogP contribution in [0.1, 0.15) is 16.1 Å². The zero-order valence-corrected chi connectivity index (χ0v) is 11.0. The Bertz CT molecular complexity index is 847. The fraction of sp³-hybridized carbons (Fsp3) is 0. The zero-order chi connectivity index (χ0) is 15.1. The van der Waals surface area contributed by atoms with Gasteiger partial charge in [-0.2, -0.15) is 0 Å². The van der Waals surface area contributed by atoms with E-state index in [1.165, 1.54) is 6.07 Å². The molecule has 2 aromatic carbocycles. The van der Waals surface area contributed by atoms with Gasteiger partial charge in [0, 0.05) is 16.0 Å². The predicted octanol–water partition coefficient (Wildman–Crippen LogP) is 4.73. The molecule has 0 saturated heterocycles. The molecule has 0 radical (unpaired) electrons. The maximum Gasteiger partial charge on any atom is 0.228 e. The summed E-state index contributed by atoms with van der Waals surface area (Å²) in [4.78, 5) is 12.1. The SMILES string of the molecule is O=C(c1cc(F)c(F)c(F)c1)c1cc2cc(Cl)ccc2o1. The van der Waals surface area contributed by atoms with Crippen molar-refractivity contribution in [2.24, 2.45) is 0 Å². The molecule has 21 heavy (non-hydrogen) atoms. The van der Waals surface area contributed by atoms with E-state index in [4.69, 9.17) is 16.0 Å². The van der Waals surface area contributed by atoms with E-state index in [1.54, 1.807) is 18.2 Å². The van der Waals surface area contributed by atoms with Crippen molar-refractivity contribution in [1.29, 1.82) is 0 Å². The van der Waals surface area contributed by atoms with E-state index >= 15 is 0 Å². The minimum Gasteiger partial charge on any atom is -0.453 e. The molecule has 2 nitrogen and oxygen atoms in total. The van der Waals surface area contributed by atoms with Crippen molar-refractivity contribution in [3.05, 3.63) is 70.2 Å². The highest BCUT2D eigenvalue weighted by atomic mass is 35.5. The molecule has 0 amide bonds. The standard InChI is InChI=1S/C15H6ClF3O2/c16-9-1-2-12-7(3-9)6-13(21-12)15(20)8-4-10(17)14(19)11(18)5-8/h1-6H. The van der Waals surface area contributed by atoms with Crippen molar-refractivity contribution in [3.8, 4) is 0 Å². The number of benzene rings is 2. The van der Waals surface area contributed by atoms with Crippen LogP contribution >= 0.6 is 11.6 Å². The number of ketones is 1. The molecular weight excluding hydrogens is 305 g/mol. The first-order valence-corrected chi connectivity index (χ1v) is 6.22. The second-order valence-corrected chi connectivity index (χ2v) is 4.81. The Hall–Kier alpha value is -2.27. The highest BCUT2D eigenvalue weighted by Crippen LogP contribution is 2.25. The maximum absolute atomic E-state index is 13.2. The summed E-state index contributed by atoms with van der Waals surface area (Å²) >= 11 is 5.82. The van der Waals surface area contributed by atoms with Gasteiger partial charge in [-0.15, -0.1) is 0 Å². The number of furan rings is 1. The topological polar surface area (TPSA) is 30.2 Å². The van der Waals surface area contributed by atoms with Gasteiger partial charge >= 0.3 is 0 Å². The smallest absolute Gasteiger partial charge is 0.228 e. The van der Waals surface area contributed by atoms with Crippen molar-refractivity contribution < 1.29 is 22.4 Å². The third kappa shape index (κ3) is 2.40. The quantitative estimate of drug-likeness (QED) is 0.506. The van der Waals surface area contributed by atoms with Gasteiger partial charge in [-0.3, -0.25) is 4.79 Å². The molecule has 0 fully saturated rings. The average Bonchev–Trinajstić information content (AvgIpc) is 2.86. The summed E-state index contributed by atoms with van der Waals surface area (Å²) in [6.45, 7) is 0. The lowest BCUT2D eigenvalue weighted by atomic mass is 10.1. The van der Waals surface area contributed by atoms with E-state index in [0.717, 1.165) is 0 Å². The van der Waals surface area contributed by atoms with Crippen LogP contribution in [0.25, 0.3) is 11.0 Å². The van der Waals surface area contributed by atoms with Gasteiger partial charge in [-0.1, -0.05) is 11.6 Å². The Morgan fingerprint density at radius 3 is 2.33 bits per heavy atom. The average molecular weight is 311 g/mol. The van der Waals surface area contributed by atoms with Crippen LogP contribution < -0.4 is 0 Å². The molecule has 0 bridgehead atoms. The second kappa shape index (κ2) is 4.93. The van der Waals surface area contributed by atoms with Crippen molar-refractivity contribution in [2.75, 3.05) is 0 Å². The second-order valence-electron chi connectivity index (χ2n) is 4.38. The third-order valence-electron chi connectivity index (χ3n) is 2.95. The maximum atomic E-state index is 13.2. The molecular formula is C15H6ClF3O2. The van der Waals surface area contributed by atoms with Crippen LogP contribution in [0.2, 0.25) is 5.02 Å². The van der Waals surface area contributed by atoms with Gasteiger partial charge in [0.05, 0.1) is 0 Å². The minimum atomic E-state index is -1.62. The summed E-state index contributed by atoms with van der Waals surface area (Å²) in [5, 5.41) is 1.04. The van der Waals surface area contributed by atoms with Gasteiger partial charge in [-0.05, 0) is 36.4 Å². The summed E-state index contributed by atoms with van der Waals surface area (Å²) in [5.41, 5.74) is 0.0716. The molecule has 0 N–H and O–H groups in total. The Kier molecular flexibility index (Phi) is 3.22. The highest BCUT2D eigenvalue weighted by Gasteiger charge is 2.19. The molecule has 0 aliphatic rings. The van der Waals surface area contributed by atoms with Gasteiger partial charge in [-0.25, -0.2) is 13.2 Å². The molecule has 0 unspecified atom stereocenters. The first kappa shape index (κ1) is 13.7. The Balaban J connectivity index is 2.08. The number of halogens is 4. The molecule has 3 rings (SSSR count). The van der Waals surface area contributed by atoms with E-state index in [1.807, 2.05) is 0 Å². The molecule has 0 atom stereocenters. The number of carbonyl (C=O) groups is 1. The fourth-order valence-corrected chi connectivity index (χ4v) is 2.14. The number of hydrogen-bond donors (Lipinski definition) is 0. The van der Waals surface area contributed by atoms with Crippen LogP contribution in [0.4, 0.5) is 13.2 Å². The molecule has 3 aromatic rings. The molecule has 0 saturated carbocycles. The molecule has 1 aromatic heterocycles. The van der Waals surface area contributed by atoms with Crippen LogP contribution in [0, 0.1) is 17.5 Å². The van der Waals surface area contributed by atoms with E-state index in [0.29, 0.717) is 28.1 Å². The number of rotatable bonds is 2. The fourth-order valence-electron chi connectivity index (χ4n) is 1.95. The van der Waals surface area contributed by atoms with Crippen LogP contribution in [-0.4, -0.2) is 5.78 Å². The van der Waals surface area contributed by atoms with Crippen molar-refractivity contribution in [2.45, 2.75) is 0 Å². The normalized spacial score (nSPS) is 11.0. The summed E-state index contributed by atoms with van der Waals surface area (Å²) in [7, 11) is 0. The van der Waals surface area contributed by atoms with Crippen LogP contribution in [-0.2, 0) is 0 Å². The van der Waals surface area contributed by atoms with Gasteiger partial charge in [0.15, 0.2) is 23.2 Å².